The molecular formula is C24H31N7O2. The number of hydrogen-bond donors (Lipinski definition) is 2. The highest BCUT2D eigenvalue weighted by atomic mass is 16.3. The molecule has 0 bridgehead atoms. The van der Waals surface area contributed by atoms with Crippen LogP contribution in [-0.4, -0.2) is 55.5 Å². The maximum Gasteiger partial charge on any atom is 0.258 e. The Balaban J connectivity index is 1.35. The molecule has 0 radical (unpaired) electrons. The first-order valence-corrected chi connectivity index (χ1v) is 12.0. The molecule has 33 heavy (non-hydrogen) atoms. The van der Waals surface area contributed by atoms with Crippen molar-refractivity contribution in [2.75, 3.05) is 25.0 Å². The van der Waals surface area contributed by atoms with Gasteiger partial charge in [0.05, 0.1) is 28.9 Å². The Kier molecular flexibility index (Phi) is 4.72. The molecule has 3 aromatic heterocycles. The Bertz CT molecular complexity index is 1230. The predicted octanol–water partition coefficient (Wildman–Crippen LogP) is 3.12. The molecule has 3 aromatic rings. The zero-order chi connectivity index (χ0) is 22.7. The SMILES string of the molecule is Cc1oc2ncnc(NC3(C)CC3)c2c1C(=O)N1CCn2c(C)nc(C3CCNCC3)c2C1. The van der Waals surface area contributed by atoms with Gasteiger partial charge in [-0.3, -0.25) is 4.79 Å². The number of rotatable bonds is 4. The second kappa shape index (κ2) is 7.55. The van der Waals surface area contributed by atoms with E-state index < -0.39 is 0 Å². The lowest BCUT2D eigenvalue weighted by Gasteiger charge is -2.31. The summed E-state index contributed by atoms with van der Waals surface area (Å²) in [4.78, 5) is 29.5. The van der Waals surface area contributed by atoms with Gasteiger partial charge in [0.2, 0.25) is 5.71 Å². The third-order valence-corrected chi connectivity index (χ3v) is 7.54. The van der Waals surface area contributed by atoms with Crippen molar-refractivity contribution < 1.29 is 9.21 Å². The van der Waals surface area contributed by atoms with E-state index in [1.54, 1.807) is 0 Å². The molecular weight excluding hydrogens is 418 g/mol. The average Bonchev–Trinajstić information content (AvgIpc) is 3.30. The number of furan rings is 1. The first kappa shape index (κ1) is 20.7. The minimum Gasteiger partial charge on any atom is -0.442 e. The summed E-state index contributed by atoms with van der Waals surface area (Å²) in [6.45, 7) is 10.1. The first-order valence-electron chi connectivity index (χ1n) is 12.0. The number of carbonyl (C=O) groups is 1. The second-order valence-electron chi connectivity index (χ2n) is 10.0. The van der Waals surface area contributed by atoms with Gasteiger partial charge >= 0.3 is 0 Å². The Morgan fingerprint density at radius 3 is 2.76 bits per heavy atom. The summed E-state index contributed by atoms with van der Waals surface area (Å²) in [5, 5.41) is 7.65. The molecule has 2 fully saturated rings. The quantitative estimate of drug-likeness (QED) is 0.631. The van der Waals surface area contributed by atoms with Crippen molar-refractivity contribution in [2.45, 2.75) is 71.0 Å². The lowest BCUT2D eigenvalue weighted by atomic mass is 9.93. The number of imidazole rings is 1. The number of aryl methyl sites for hydroxylation is 2. The topological polar surface area (TPSA) is 101 Å². The molecule has 3 aliphatic rings. The molecule has 1 saturated carbocycles. The zero-order valence-electron chi connectivity index (χ0n) is 19.6. The van der Waals surface area contributed by atoms with Crippen LogP contribution >= 0.6 is 0 Å². The fourth-order valence-electron chi connectivity index (χ4n) is 5.33. The van der Waals surface area contributed by atoms with Gasteiger partial charge in [-0.05, 0) is 59.5 Å². The summed E-state index contributed by atoms with van der Waals surface area (Å²) in [5.74, 6) is 2.76. The molecule has 2 N–H and O–H groups in total. The number of carbonyl (C=O) groups excluding carboxylic acids is 1. The van der Waals surface area contributed by atoms with Crippen LogP contribution in [-0.2, 0) is 13.1 Å². The molecule has 0 aromatic carbocycles. The summed E-state index contributed by atoms with van der Waals surface area (Å²) in [5.41, 5.74) is 3.43. The summed E-state index contributed by atoms with van der Waals surface area (Å²) >= 11 is 0. The largest absolute Gasteiger partial charge is 0.442 e. The van der Waals surface area contributed by atoms with Gasteiger partial charge in [0.25, 0.3) is 5.91 Å². The van der Waals surface area contributed by atoms with E-state index in [1.165, 1.54) is 17.7 Å². The van der Waals surface area contributed by atoms with Crippen molar-refractivity contribution in [3.63, 3.8) is 0 Å². The number of anilines is 1. The highest BCUT2D eigenvalue weighted by molar-refractivity contribution is 6.10. The van der Waals surface area contributed by atoms with Gasteiger partial charge in [-0.2, -0.15) is 0 Å². The van der Waals surface area contributed by atoms with E-state index in [9.17, 15) is 4.79 Å². The Hall–Kier alpha value is -2.94. The molecule has 5 heterocycles. The number of nitrogens with one attached hydrogen (secondary N) is 2. The van der Waals surface area contributed by atoms with E-state index in [4.69, 9.17) is 9.40 Å². The summed E-state index contributed by atoms with van der Waals surface area (Å²) in [7, 11) is 0. The van der Waals surface area contributed by atoms with E-state index >= 15 is 0 Å². The van der Waals surface area contributed by atoms with E-state index in [0.717, 1.165) is 51.1 Å². The van der Waals surface area contributed by atoms with Crippen LogP contribution in [0.15, 0.2) is 10.7 Å². The maximum absolute atomic E-state index is 13.9. The van der Waals surface area contributed by atoms with Gasteiger partial charge < -0.3 is 24.5 Å². The molecule has 1 saturated heterocycles. The van der Waals surface area contributed by atoms with Crippen LogP contribution in [0.2, 0.25) is 0 Å². The van der Waals surface area contributed by atoms with Crippen LogP contribution in [0.3, 0.4) is 0 Å². The van der Waals surface area contributed by atoms with Crippen LogP contribution in [0.1, 0.15) is 71.9 Å². The van der Waals surface area contributed by atoms with Crippen molar-refractivity contribution in [1.82, 2.24) is 29.7 Å². The van der Waals surface area contributed by atoms with E-state index in [0.29, 0.717) is 47.2 Å². The van der Waals surface area contributed by atoms with Gasteiger partial charge in [0, 0.05) is 24.5 Å². The first-order chi connectivity index (χ1) is 15.9. The predicted molar refractivity (Wildman–Crippen MR) is 124 cm³/mol. The number of nitrogens with zero attached hydrogens (tertiary/aromatic N) is 5. The van der Waals surface area contributed by atoms with Crippen LogP contribution in [0.5, 0.6) is 0 Å². The van der Waals surface area contributed by atoms with Crippen molar-refractivity contribution in [1.29, 1.82) is 0 Å². The van der Waals surface area contributed by atoms with Crippen LogP contribution in [0, 0.1) is 13.8 Å². The molecule has 9 nitrogen and oxygen atoms in total. The van der Waals surface area contributed by atoms with Gasteiger partial charge in [-0.15, -0.1) is 0 Å². The number of amides is 1. The lowest BCUT2D eigenvalue weighted by molar-refractivity contribution is 0.0709. The molecule has 2 aliphatic heterocycles. The molecule has 9 heteroatoms. The van der Waals surface area contributed by atoms with Crippen molar-refractivity contribution in [3.8, 4) is 0 Å². The molecule has 1 aliphatic carbocycles. The van der Waals surface area contributed by atoms with Crippen molar-refractivity contribution in [3.05, 3.63) is 34.9 Å². The normalized spacial score (nSPS) is 20.2. The number of aromatic nitrogens is 4. The molecule has 174 valence electrons. The van der Waals surface area contributed by atoms with Gasteiger partial charge in [0.1, 0.15) is 23.7 Å². The van der Waals surface area contributed by atoms with Gasteiger partial charge in [-0.25, -0.2) is 15.0 Å². The Labute approximate surface area is 193 Å². The minimum atomic E-state index is -0.0218. The third kappa shape index (κ3) is 3.49. The second-order valence-corrected chi connectivity index (χ2v) is 10.0. The van der Waals surface area contributed by atoms with Crippen LogP contribution in [0.4, 0.5) is 5.82 Å². The summed E-state index contributed by atoms with van der Waals surface area (Å²) in [6.07, 6.45) is 5.87. The van der Waals surface area contributed by atoms with Crippen molar-refractivity contribution >= 4 is 22.8 Å². The third-order valence-electron chi connectivity index (χ3n) is 7.54. The van der Waals surface area contributed by atoms with E-state index in [-0.39, 0.29) is 11.4 Å². The standard InChI is InChI=1S/C24H31N7O2/c1-14-18(19-21(29-24(3)6-7-24)26-13-27-22(19)33-14)23(32)30-10-11-31-15(2)28-20(17(31)12-30)16-4-8-25-9-5-16/h13,16,25H,4-12H2,1-3H3,(H,26,27,29). The molecule has 0 spiro atoms. The Morgan fingerprint density at radius 1 is 1.21 bits per heavy atom. The van der Waals surface area contributed by atoms with Gasteiger partial charge in [0.15, 0.2) is 0 Å². The number of hydrogen-bond acceptors (Lipinski definition) is 7. The van der Waals surface area contributed by atoms with Crippen LogP contribution in [0.25, 0.3) is 11.1 Å². The fourth-order valence-corrected chi connectivity index (χ4v) is 5.33. The van der Waals surface area contributed by atoms with E-state index in [2.05, 4.69) is 39.0 Å². The average molecular weight is 450 g/mol. The lowest BCUT2D eigenvalue weighted by Crippen LogP contribution is -2.39. The maximum atomic E-state index is 13.9. The Morgan fingerprint density at radius 2 is 2.00 bits per heavy atom. The monoisotopic (exact) mass is 449 g/mol. The van der Waals surface area contributed by atoms with Crippen molar-refractivity contribution in [2.24, 2.45) is 0 Å². The number of piperidine rings is 1. The van der Waals surface area contributed by atoms with Crippen LogP contribution < -0.4 is 10.6 Å². The summed E-state index contributed by atoms with van der Waals surface area (Å²) < 4.78 is 8.21. The summed E-state index contributed by atoms with van der Waals surface area (Å²) in [6, 6.07) is 0. The number of fused-ring (bicyclic) bond motifs is 2. The highest BCUT2D eigenvalue weighted by Gasteiger charge is 2.39. The smallest absolute Gasteiger partial charge is 0.258 e. The fraction of sp³-hybridized carbons (Fsp3) is 0.583. The molecule has 0 unspecified atom stereocenters. The molecule has 0 atom stereocenters. The highest BCUT2D eigenvalue weighted by Crippen LogP contribution is 2.40. The van der Waals surface area contributed by atoms with Gasteiger partial charge in [-0.1, -0.05) is 0 Å². The molecule has 6 rings (SSSR count). The minimum absolute atomic E-state index is 0.0218. The zero-order valence-corrected chi connectivity index (χ0v) is 19.6. The van der Waals surface area contributed by atoms with E-state index in [1.807, 2.05) is 11.8 Å². The molecule has 1 amide bonds.